The molecular weight excluding hydrogens is 200 g/mol. The number of hydrogen-bond acceptors (Lipinski definition) is 2. The zero-order valence-electron chi connectivity index (χ0n) is 9.90. The molecule has 1 aromatic rings. The van der Waals surface area contributed by atoms with Gasteiger partial charge in [0.15, 0.2) is 0 Å². The molecule has 0 unspecified atom stereocenters. The molecule has 0 aliphatic rings. The molecule has 0 saturated heterocycles. The summed E-state index contributed by atoms with van der Waals surface area (Å²) in [6.07, 6.45) is 4.44. The molecule has 2 heteroatoms. The van der Waals surface area contributed by atoms with Crippen LogP contribution in [-0.4, -0.2) is 12.9 Å². The van der Waals surface area contributed by atoms with Crippen LogP contribution in [0.15, 0.2) is 36.4 Å². The second kappa shape index (κ2) is 6.83. The van der Waals surface area contributed by atoms with Crippen molar-refractivity contribution in [2.75, 3.05) is 7.11 Å². The summed E-state index contributed by atoms with van der Waals surface area (Å²) in [6.45, 7) is 1.62. The lowest BCUT2D eigenvalue weighted by molar-refractivity contribution is -0.117. The van der Waals surface area contributed by atoms with Crippen LogP contribution in [0.3, 0.4) is 0 Å². The number of methoxy groups -OCH3 is 1. The second-order valence-corrected chi connectivity index (χ2v) is 3.73. The van der Waals surface area contributed by atoms with Crippen molar-refractivity contribution in [3.8, 4) is 0 Å². The number of benzene rings is 1. The van der Waals surface area contributed by atoms with Crippen LogP contribution in [-0.2, 0) is 9.53 Å². The molecule has 0 radical (unpaired) electrons. The molecule has 0 bridgehead atoms. The summed E-state index contributed by atoms with van der Waals surface area (Å²) >= 11 is 0. The third-order valence-electron chi connectivity index (χ3n) is 2.34. The zero-order valence-corrected chi connectivity index (χ0v) is 9.90. The normalized spacial score (nSPS) is 11.2. The molecule has 0 aliphatic heterocycles. The maximum absolute atomic E-state index is 10.8. The van der Waals surface area contributed by atoms with Gasteiger partial charge >= 0.3 is 0 Å². The molecule has 0 amide bonds. The highest BCUT2D eigenvalue weighted by atomic mass is 16.5. The number of carbonyl (C=O) groups is 1. The number of rotatable bonds is 6. The van der Waals surface area contributed by atoms with Crippen LogP contribution >= 0.6 is 0 Å². The van der Waals surface area contributed by atoms with Gasteiger partial charge in [-0.05, 0) is 25.8 Å². The minimum absolute atomic E-state index is 0.243. The van der Waals surface area contributed by atoms with Crippen LogP contribution in [0.1, 0.15) is 31.7 Å². The maximum atomic E-state index is 10.8. The third kappa shape index (κ3) is 4.30. The van der Waals surface area contributed by atoms with Gasteiger partial charge in [-0.3, -0.25) is 0 Å². The Bertz CT molecular complexity index is 352. The average molecular weight is 218 g/mol. The van der Waals surface area contributed by atoms with E-state index in [2.05, 4.69) is 0 Å². The van der Waals surface area contributed by atoms with E-state index < -0.39 is 0 Å². The van der Waals surface area contributed by atoms with Crippen molar-refractivity contribution >= 4 is 11.5 Å². The lowest BCUT2D eigenvalue weighted by atomic mass is 10.1. The van der Waals surface area contributed by atoms with Crippen LogP contribution in [0.4, 0.5) is 0 Å². The van der Waals surface area contributed by atoms with Crippen molar-refractivity contribution in [2.24, 2.45) is 0 Å². The Labute approximate surface area is 96.9 Å². The molecule has 86 valence electrons. The summed E-state index contributed by atoms with van der Waals surface area (Å²) in [7, 11) is 1.67. The predicted molar refractivity (Wildman–Crippen MR) is 66.0 cm³/mol. The van der Waals surface area contributed by atoms with E-state index in [9.17, 15) is 4.79 Å². The summed E-state index contributed by atoms with van der Waals surface area (Å²) < 4.78 is 5.32. The fourth-order valence-corrected chi connectivity index (χ4v) is 1.51. The van der Waals surface area contributed by atoms with Crippen LogP contribution in [0, 0.1) is 0 Å². The summed E-state index contributed by atoms with van der Waals surface area (Å²) in [4.78, 5) is 10.8. The fraction of sp³-hybridized carbons (Fsp3) is 0.357. The molecule has 1 aromatic carbocycles. The molecule has 2 nitrogen and oxygen atoms in total. The topological polar surface area (TPSA) is 26.3 Å². The van der Waals surface area contributed by atoms with Gasteiger partial charge in [0.05, 0.1) is 7.11 Å². The van der Waals surface area contributed by atoms with Crippen molar-refractivity contribution in [2.45, 2.75) is 26.2 Å². The summed E-state index contributed by atoms with van der Waals surface area (Å²) in [5.41, 5.74) is 1.08. The Morgan fingerprint density at radius 2 is 2.00 bits per heavy atom. The summed E-state index contributed by atoms with van der Waals surface area (Å²) in [5, 5.41) is 0. The Morgan fingerprint density at radius 1 is 1.31 bits per heavy atom. The molecular formula is C14H18O2. The largest absolute Gasteiger partial charge is 0.496 e. The number of carbonyl (C=O) groups excluding carboxylic acids is 1. The SMILES string of the molecule is CO/C(=C/CCCC(C)=O)c1ccccc1. The maximum Gasteiger partial charge on any atom is 0.129 e. The van der Waals surface area contributed by atoms with Gasteiger partial charge in [0, 0.05) is 12.0 Å². The molecule has 0 N–H and O–H groups in total. The van der Waals surface area contributed by atoms with Gasteiger partial charge in [0.1, 0.15) is 11.5 Å². The van der Waals surface area contributed by atoms with E-state index in [0.29, 0.717) is 6.42 Å². The number of unbranched alkanes of at least 4 members (excludes halogenated alkanes) is 1. The highest BCUT2D eigenvalue weighted by Gasteiger charge is 1.99. The van der Waals surface area contributed by atoms with Crippen molar-refractivity contribution in [1.29, 1.82) is 0 Å². The molecule has 1 rings (SSSR count). The van der Waals surface area contributed by atoms with Gasteiger partial charge in [0.25, 0.3) is 0 Å². The highest BCUT2D eigenvalue weighted by molar-refractivity contribution is 5.75. The fourth-order valence-electron chi connectivity index (χ4n) is 1.51. The number of allylic oxidation sites excluding steroid dienone is 1. The van der Waals surface area contributed by atoms with E-state index >= 15 is 0 Å². The first-order chi connectivity index (χ1) is 7.74. The van der Waals surface area contributed by atoms with E-state index in [1.807, 2.05) is 36.4 Å². The predicted octanol–water partition coefficient (Wildman–Crippen LogP) is 3.43. The number of hydrogen-bond donors (Lipinski definition) is 0. The Hall–Kier alpha value is -1.57. The zero-order chi connectivity index (χ0) is 11.8. The van der Waals surface area contributed by atoms with E-state index in [-0.39, 0.29) is 5.78 Å². The van der Waals surface area contributed by atoms with Gasteiger partial charge in [-0.15, -0.1) is 0 Å². The Morgan fingerprint density at radius 3 is 2.56 bits per heavy atom. The smallest absolute Gasteiger partial charge is 0.129 e. The molecule has 0 aliphatic carbocycles. The molecule has 0 fully saturated rings. The third-order valence-corrected chi connectivity index (χ3v) is 2.34. The van der Waals surface area contributed by atoms with Gasteiger partial charge in [-0.1, -0.05) is 30.3 Å². The standard InChI is InChI=1S/C14H18O2/c1-12(15)8-6-7-11-14(16-2)13-9-4-3-5-10-13/h3-5,9-11H,6-8H2,1-2H3/b14-11+. The van der Waals surface area contributed by atoms with E-state index in [0.717, 1.165) is 24.2 Å². The van der Waals surface area contributed by atoms with E-state index in [4.69, 9.17) is 4.74 Å². The van der Waals surface area contributed by atoms with Crippen molar-refractivity contribution in [3.05, 3.63) is 42.0 Å². The lowest BCUT2D eigenvalue weighted by Crippen LogP contribution is -1.90. The first-order valence-corrected chi connectivity index (χ1v) is 5.53. The Balaban J connectivity index is 2.54. The molecule has 0 atom stereocenters. The van der Waals surface area contributed by atoms with Gasteiger partial charge < -0.3 is 9.53 Å². The first-order valence-electron chi connectivity index (χ1n) is 5.53. The Kier molecular flexibility index (Phi) is 5.34. The number of Topliss-reactive ketones (excluding diaryl/α,β-unsaturated/α-hetero) is 1. The minimum atomic E-state index is 0.243. The second-order valence-electron chi connectivity index (χ2n) is 3.73. The van der Waals surface area contributed by atoms with Gasteiger partial charge in [0.2, 0.25) is 0 Å². The van der Waals surface area contributed by atoms with Crippen LogP contribution in [0.2, 0.25) is 0 Å². The average Bonchev–Trinajstić information content (AvgIpc) is 2.30. The van der Waals surface area contributed by atoms with Crippen molar-refractivity contribution in [3.63, 3.8) is 0 Å². The molecule has 0 heterocycles. The van der Waals surface area contributed by atoms with Crippen LogP contribution in [0.5, 0.6) is 0 Å². The monoisotopic (exact) mass is 218 g/mol. The van der Waals surface area contributed by atoms with Crippen LogP contribution in [0.25, 0.3) is 5.76 Å². The molecule has 16 heavy (non-hydrogen) atoms. The highest BCUT2D eigenvalue weighted by Crippen LogP contribution is 2.15. The quantitative estimate of drug-likeness (QED) is 0.540. The number of ether oxygens (including phenoxy) is 1. The molecule has 0 spiro atoms. The lowest BCUT2D eigenvalue weighted by Gasteiger charge is -2.05. The minimum Gasteiger partial charge on any atom is -0.496 e. The molecule has 0 aromatic heterocycles. The van der Waals surface area contributed by atoms with Gasteiger partial charge in [-0.2, -0.15) is 0 Å². The number of ketones is 1. The molecule has 0 saturated carbocycles. The van der Waals surface area contributed by atoms with Crippen LogP contribution < -0.4 is 0 Å². The first kappa shape index (κ1) is 12.5. The van der Waals surface area contributed by atoms with E-state index in [1.54, 1.807) is 14.0 Å². The van der Waals surface area contributed by atoms with E-state index in [1.165, 1.54) is 0 Å². The van der Waals surface area contributed by atoms with Crippen molar-refractivity contribution in [1.82, 2.24) is 0 Å². The summed E-state index contributed by atoms with van der Waals surface area (Å²) in [6, 6.07) is 9.97. The van der Waals surface area contributed by atoms with Gasteiger partial charge in [-0.25, -0.2) is 0 Å². The van der Waals surface area contributed by atoms with Crippen molar-refractivity contribution < 1.29 is 9.53 Å². The summed E-state index contributed by atoms with van der Waals surface area (Å²) in [5.74, 6) is 1.12.